The molecule has 4 heteroatoms. The van der Waals surface area contributed by atoms with Crippen LogP contribution in [0.15, 0.2) is 30.3 Å². The molecule has 2 saturated heterocycles. The number of hydrogen-bond donors (Lipinski definition) is 3. The highest BCUT2D eigenvalue weighted by atomic mass is 16.3. The summed E-state index contributed by atoms with van der Waals surface area (Å²) < 4.78 is 0. The zero-order chi connectivity index (χ0) is 14.2. The second-order valence-corrected chi connectivity index (χ2v) is 6.24. The number of rotatable bonds is 4. The summed E-state index contributed by atoms with van der Waals surface area (Å²) in [6.07, 6.45) is 3.20. The van der Waals surface area contributed by atoms with Gasteiger partial charge in [0, 0.05) is 12.1 Å². The third-order valence-corrected chi connectivity index (χ3v) is 4.76. The van der Waals surface area contributed by atoms with E-state index in [4.69, 9.17) is 0 Å². The van der Waals surface area contributed by atoms with Gasteiger partial charge in [-0.05, 0) is 31.7 Å². The third kappa shape index (κ3) is 2.34. The zero-order valence-corrected chi connectivity index (χ0v) is 11.8. The first-order valence-corrected chi connectivity index (χ1v) is 7.37. The fourth-order valence-electron chi connectivity index (χ4n) is 3.49. The minimum absolute atomic E-state index is 0.0448. The van der Waals surface area contributed by atoms with Gasteiger partial charge in [0.05, 0.1) is 18.1 Å². The molecule has 2 heterocycles. The number of carbonyl (C=O) groups excluding carboxylic acids is 1. The van der Waals surface area contributed by atoms with E-state index in [1.165, 1.54) is 6.42 Å². The molecule has 3 N–H and O–H groups in total. The van der Waals surface area contributed by atoms with E-state index < -0.39 is 5.54 Å². The number of amides is 1. The van der Waals surface area contributed by atoms with E-state index in [0.717, 1.165) is 18.4 Å². The highest BCUT2D eigenvalue weighted by Gasteiger charge is 2.44. The van der Waals surface area contributed by atoms with Crippen molar-refractivity contribution < 1.29 is 9.90 Å². The summed E-state index contributed by atoms with van der Waals surface area (Å²) in [5.74, 6) is 0.105. The number of nitrogens with one attached hydrogen (secondary N) is 2. The molecule has 2 aliphatic rings. The van der Waals surface area contributed by atoms with Gasteiger partial charge in [0.2, 0.25) is 5.91 Å². The number of hydrogen-bond acceptors (Lipinski definition) is 3. The molecule has 20 heavy (non-hydrogen) atoms. The molecule has 0 radical (unpaired) electrons. The van der Waals surface area contributed by atoms with Crippen molar-refractivity contribution in [3.8, 4) is 0 Å². The van der Waals surface area contributed by atoms with Crippen molar-refractivity contribution in [3.05, 3.63) is 35.9 Å². The fourth-order valence-corrected chi connectivity index (χ4v) is 3.49. The minimum atomic E-state index is -0.708. The SMILES string of the molecule is CC(CO)(NC(=O)C1CC2CCC1N2)c1ccccc1. The van der Waals surface area contributed by atoms with Gasteiger partial charge in [-0.1, -0.05) is 30.3 Å². The lowest BCUT2D eigenvalue weighted by Crippen LogP contribution is -2.50. The molecule has 0 saturated carbocycles. The number of benzene rings is 1. The van der Waals surface area contributed by atoms with Crippen molar-refractivity contribution in [3.63, 3.8) is 0 Å². The van der Waals surface area contributed by atoms with Crippen LogP contribution in [0.4, 0.5) is 0 Å². The molecule has 2 fully saturated rings. The van der Waals surface area contributed by atoms with Crippen molar-refractivity contribution in [1.29, 1.82) is 0 Å². The quantitative estimate of drug-likeness (QED) is 0.772. The maximum absolute atomic E-state index is 12.5. The van der Waals surface area contributed by atoms with Gasteiger partial charge in [0.1, 0.15) is 0 Å². The number of fused-ring (bicyclic) bond motifs is 2. The summed E-state index contributed by atoms with van der Waals surface area (Å²) in [4.78, 5) is 12.5. The van der Waals surface area contributed by atoms with Crippen LogP contribution < -0.4 is 10.6 Å². The van der Waals surface area contributed by atoms with Gasteiger partial charge in [0.15, 0.2) is 0 Å². The van der Waals surface area contributed by atoms with Crippen molar-refractivity contribution in [1.82, 2.24) is 10.6 Å². The molecular weight excluding hydrogens is 252 g/mol. The topological polar surface area (TPSA) is 61.4 Å². The van der Waals surface area contributed by atoms with E-state index in [1.54, 1.807) is 0 Å². The van der Waals surface area contributed by atoms with Crippen molar-refractivity contribution >= 4 is 5.91 Å². The summed E-state index contributed by atoms with van der Waals surface area (Å²) >= 11 is 0. The first-order chi connectivity index (χ1) is 9.62. The second kappa shape index (κ2) is 5.19. The molecular formula is C16H22N2O2. The Labute approximate surface area is 119 Å². The summed E-state index contributed by atoms with van der Waals surface area (Å²) in [6.45, 7) is 1.78. The normalized spacial score (nSPS) is 31.0. The van der Waals surface area contributed by atoms with E-state index in [-0.39, 0.29) is 18.4 Å². The van der Waals surface area contributed by atoms with Gasteiger partial charge >= 0.3 is 0 Å². The van der Waals surface area contributed by atoms with Crippen LogP contribution in [0.2, 0.25) is 0 Å². The molecule has 1 aromatic carbocycles. The maximum atomic E-state index is 12.5. The van der Waals surface area contributed by atoms with Crippen LogP contribution in [0.3, 0.4) is 0 Å². The van der Waals surface area contributed by atoms with Crippen LogP contribution in [0.25, 0.3) is 0 Å². The van der Waals surface area contributed by atoms with Gasteiger partial charge in [0.25, 0.3) is 0 Å². The Morgan fingerprint density at radius 2 is 2.15 bits per heavy atom. The largest absolute Gasteiger partial charge is 0.394 e. The second-order valence-electron chi connectivity index (χ2n) is 6.24. The molecule has 1 amide bonds. The van der Waals surface area contributed by atoms with Crippen LogP contribution in [-0.2, 0) is 10.3 Å². The average molecular weight is 274 g/mol. The van der Waals surface area contributed by atoms with Crippen LogP contribution in [0.1, 0.15) is 31.7 Å². The Kier molecular flexibility index (Phi) is 3.52. The smallest absolute Gasteiger partial charge is 0.225 e. The van der Waals surface area contributed by atoms with E-state index >= 15 is 0 Å². The Balaban J connectivity index is 1.73. The average Bonchev–Trinajstić information content (AvgIpc) is 3.11. The van der Waals surface area contributed by atoms with Gasteiger partial charge in [-0.15, -0.1) is 0 Å². The summed E-state index contributed by atoms with van der Waals surface area (Å²) in [5.41, 5.74) is 0.229. The van der Waals surface area contributed by atoms with Gasteiger partial charge < -0.3 is 15.7 Å². The van der Waals surface area contributed by atoms with Crippen LogP contribution in [0, 0.1) is 5.92 Å². The lowest BCUT2D eigenvalue weighted by Gasteiger charge is -2.32. The molecule has 4 unspecified atom stereocenters. The predicted octanol–water partition coefficient (Wildman–Crippen LogP) is 1.15. The summed E-state index contributed by atoms with van der Waals surface area (Å²) in [6, 6.07) is 10.5. The van der Waals surface area contributed by atoms with Crippen molar-refractivity contribution in [2.45, 2.75) is 43.8 Å². The molecule has 1 aromatic rings. The molecule has 2 bridgehead atoms. The molecule has 2 aliphatic heterocycles. The van der Waals surface area contributed by atoms with Crippen LogP contribution in [-0.4, -0.2) is 29.7 Å². The van der Waals surface area contributed by atoms with Crippen LogP contribution >= 0.6 is 0 Å². The fraction of sp³-hybridized carbons (Fsp3) is 0.562. The zero-order valence-electron chi connectivity index (χ0n) is 11.8. The van der Waals surface area contributed by atoms with E-state index in [9.17, 15) is 9.90 Å². The summed E-state index contributed by atoms with van der Waals surface area (Å²) in [5, 5.41) is 16.3. The molecule has 0 aliphatic carbocycles. The molecule has 4 atom stereocenters. The number of aliphatic hydroxyl groups excluding tert-OH is 1. The lowest BCUT2D eigenvalue weighted by atomic mass is 9.86. The standard InChI is InChI=1S/C16H22N2O2/c1-16(10-19,11-5-3-2-4-6-11)18-15(20)13-9-12-7-8-14(13)17-12/h2-6,12-14,17,19H,7-10H2,1H3,(H,18,20). The van der Waals surface area contributed by atoms with Crippen molar-refractivity contribution in [2.75, 3.05) is 6.61 Å². The van der Waals surface area contributed by atoms with E-state index in [1.807, 2.05) is 37.3 Å². The number of aliphatic hydroxyl groups is 1. The molecule has 108 valence electrons. The van der Waals surface area contributed by atoms with E-state index in [2.05, 4.69) is 10.6 Å². The third-order valence-electron chi connectivity index (χ3n) is 4.76. The van der Waals surface area contributed by atoms with Crippen LogP contribution in [0.5, 0.6) is 0 Å². The Bertz CT molecular complexity index is 491. The first-order valence-electron chi connectivity index (χ1n) is 7.37. The first kappa shape index (κ1) is 13.6. The number of carbonyl (C=O) groups is 1. The monoisotopic (exact) mass is 274 g/mol. The molecule has 0 spiro atoms. The van der Waals surface area contributed by atoms with Gasteiger partial charge in [-0.25, -0.2) is 0 Å². The highest BCUT2D eigenvalue weighted by Crippen LogP contribution is 2.34. The highest BCUT2D eigenvalue weighted by molar-refractivity contribution is 5.81. The molecule has 0 aromatic heterocycles. The Hall–Kier alpha value is -1.39. The van der Waals surface area contributed by atoms with E-state index in [0.29, 0.717) is 12.1 Å². The summed E-state index contributed by atoms with van der Waals surface area (Å²) in [7, 11) is 0. The molecule has 4 nitrogen and oxygen atoms in total. The molecule has 3 rings (SSSR count). The van der Waals surface area contributed by atoms with Gasteiger partial charge in [-0.2, -0.15) is 0 Å². The minimum Gasteiger partial charge on any atom is -0.394 e. The maximum Gasteiger partial charge on any atom is 0.225 e. The lowest BCUT2D eigenvalue weighted by molar-refractivity contribution is -0.128. The van der Waals surface area contributed by atoms with Gasteiger partial charge in [-0.3, -0.25) is 4.79 Å². The Morgan fingerprint density at radius 3 is 2.70 bits per heavy atom. The predicted molar refractivity (Wildman–Crippen MR) is 77.1 cm³/mol. The Morgan fingerprint density at radius 1 is 1.40 bits per heavy atom. The van der Waals surface area contributed by atoms with Crippen molar-refractivity contribution in [2.24, 2.45) is 5.92 Å².